The maximum absolute atomic E-state index is 2.95. The van der Waals surface area contributed by atoms with E-state index in [1.807, 2.05) is 0 Å². The Labute approximate surface area is 125 Å². The van der Waals surface area contributed by atoms with E-state index in [1.165, 1.54) is 64.6 Å². The third kappa shape index (κ3) is 3.06. The number of nitrogens with zero attached hydrogens (tertiary/aromatic N) is 2. The Morgan fingerprint density at radius 2 is 1.60 bits per heavy atom. The molecule has 2 aliphatic heterocycles. The molecule has 2 heteroatoms. The van der Waals surface area contributed by atoms with E-state index in [9.17, 15) is 0 Å². The van der Waals surface area contributed by atoms with Crippen molar-refractivity contribution in [3.05, 3.63) is 0 Å². The third-order valence-corrected chi connectivity index (χ3v) is 6.24. The predicted molar refractivity (Wildman–Crippen MR) is 86.0 cm³/mol. The molecule has 0 aromatic heterocycles. The van der Waals surface area contributed by atoms with Crippen LogP contribution in [-0.4, -0.2) is 47.6 Å². The molecule has 0 bridgehead atoms. The highest BCUT2D eigenvalue weighted by Gasteiger charge is 2.39. The molecule has 3 rings (SSSR count). The molecule has 0 N–H and O–H groups in total. The van der Waals surface area contributed by atoms with Gasteiger partial charge in [-0.1, -0.05) is 27.2 Å². The van der Waals surface area contributed by atoms with Crippen molar-refractivity contribution in [2.75, 3.05) is 19.6 Å². The average molecular weight is 278 g/mol. The van der Waals surface area contributed by atoms with Gasteiger partial charge in [0.05, 0.1) is 0 Å². The lowest BCUT2D eigenvalue weighted by Gasteiger charge is -2.53. The summed E-state index contributed by atoms with van der Waals surface area (Å²) in [5, 5.41) is 0. The number of rotatable bonds is 2. The van der Waals surface area contributed by atoms with Gasteiger partial charge in [0.1, 0.15) is 0 Å². The van der Waals surface area contributed by atoms with Crippen LogP contribution in [0.4, 0.5) is 0 Å². The quantitative estimate of drug-likeness (QED) is 0.759. The molecule has 3 fully saturated rings. The van der Waals surface area contributed by atoms with Gasteiger partial charge in [-0.15, -0.1) is 0 Å². The molecular weight excluding hydrogens is 244 g/mol. The van der Waals surface area contributed by atoms with Gasteiger partial charge in [-0.05, 0) is 56.9 Å². The highest BCUT2D eigenvalue weighted by Crippen LogP contribution is 2.34. The van der Waals surface area contributed by atoms with Gasteiger partial charge in [-0.3, -0.25) is 9.80 Å². The summed E-state index contributed by atoms with van der Waals surface area (Å²) in [7, 11) is 0. The minimum absolute atomic E-state index is 0.803. The van der Waals surface area contributed by atoms with E-state index < -0.39 is 0 Å². The Bertz CT molecular complexity index is 307. The number of piperidine rings is 1. The smallest absolute Gasteiger partial charge is 0.0249 e. The van der Waals surface area contributed by atoms with E-state index in [4.69, 9.17) is 0 Å². The fourth-order valence-corrected chi connectivity index (χ4v) is 4.82. The summed E-state index contributed by atoms with van der Waals surface area (Å²) >= 11 is 0. The normalized spacial score (nSPS) is 40.8. The molecule has 3 aliphatic rings. The predicted octanol–water partition coefficient (Wildman–Crippen LogP) is 3.76. The molecule has 2 saturated heterocycles. The summed E-state index contributed by atoms with van der Waals surface area (Å²) in [5.41, 5.74) is 0. The lowest BCUT2D eigenvalue weighted by Crippen LogP contribution is -2.63. The second-order valence-corrected chi connectivity index (χ2v) is 8.07. The van der Waals surface area contributed by atoms with E-state index in [-0.39, 0.29) is 0 Å². The van der Waals surface area contributed by atoms with Crippen LogP contribution in [0.5, 0.6) is 0 Å². The first-order chi connectivity index (χ1) is 9.65. The van der Waals surface area contributed by atoms with Gasteiger partial charge in [0.15, 0.2) is 0 Å². The summed E-state index contributed by atoms with van der Waals surface area (Å²) in [6.07, 6.45) is 10.2. The van der Waals surface area contributed by atoms with Crippen LogP contribution in [0.3, 0.4) is 0 Å². The highest BCUT2D eigenvalue weighted by molar-refractivity contribution is 4.95. The topological polar surface area (TPSA) is 6.48 Å². The first-order valence-electron chi connectivity index (χ1n) is 9.15. The summed E-state index contributed by atoms with van der Waals surface area (Å²) in [6, 6.07) is 2.57. The van der Waals surface area contributed by atoms with Crippen LogP contribution in [0.2, 0.25) is 0 Å². The van der Waals surface area contributed by atoms with Crippen molar-refractivity contribution < 1.29 is 0 Å². The molecular formula is C18H34N2. The Balaban J connectivity index is 1.69. The lowest BCUT2D eigenvalue weighted by molar-refractivity contribution is -0.0398. The third-order valence-electron chi connectivity index (χ3n) is 6.24. The van der Waals surface area contributed by atoms with E-state index >= 15 is 0 Å². The summed E-state index contributed by atoms with van der Waals surface area (Å²) in [5.74, 6) is 1.77. The fraction of sp³-hybridized carbons (Fsp3) is 1.00. The molecule has 0 aromatic rings. The van der Waals surface area contributed by atoms with Crippen molar-refractivity contribution in [2.24, 2.45) is 11.8 Å². The number of piperazine rings is 1. The first-order valence-corrected chi connectivity index (χ1v) is 9.15. The molecule has 1 saturated carbocycles. The molecule has 0 amide bonds. The van der Waals surface area contributed by atoms with Crippen LogP contribution < -0.4 is 0 Å². The fourth-order valence-electron chi connectivity index (χ4n) is 4.82. The van der Waals surface area contributed by atoms with Crippen LogP contribution >= 0.6 is 0 Å². The molecule has 2 heterocycles. The Hall–Kier alpha value is -0.0800. The van der Waals surface area contributed by atoms with E-state index in [1.54, 1.807) is 0 Å². The zero-order valence-electron chi connectivity index (χ0n) is 13.9. The molecule has 1 aliphatic carbocycles. The van der Waals surface area contributed by atoms with Crippen molar-refractivity contribution in [3.8, 4) is 0 Å². The van der Waals surface area contributed by atoms with Gasteiger partial charge in [0.2, 0.25) is 0 Å². The number of hydrogen-bond acceptors (Lipinski definition) is 2. The van der Waals surface area contributed by atoms with Crippen LogP contribution in [-0.2, 0) is 0 Å². The SMILES string of the molecule is CC1CCC(N2CC3CCCCN3CC2C(C)C)CC1. The molecule has 116 valence electrons. The molecule has 2 unspecified atom stereocenters. The van der Waals surface area contributed by atoms with Crippen LogP contribution in [0.15, 0.2) is 0 Å². The molecule has 0 radical (unpaired) electrons. The largest absolute Gasteiger partial charge is 0.298 e. The van der Waals surface area contributed by atoms with Crippen LogP contribution in [0.1, 0.15) is 65.7 Å². The Morgan fingerprint density at radius 3 is 2.30 bits per heavy atom. The number of hydrogen-bond donors (Lipinski definition) is 0. The van der Waals surface area contributed by atoms with Crippen LogP contribution in [0.25, 0.3) is 0 Å². The van der Waals surface area contributed by atoms with E-state index in [0.29, 0.717) is 0 Å². The van der Waals surface area contributed by atoms with Crippen molar-refractivity contribution in [3.63, 3.8) is 0 Å². The first kappa shape index (κ1) is 14.8. The van der Waals surface area contributed by atoms with Crippen LogP contribution in [0, 0.1) is 11.8 Å². The summed E-state index contributed by atoms with van der Waals surface area (Å²) in [4.78, 5) is 5.76. The standard InChI is InChI=1S/C18H34N2/c1-14(2)18-13-19-11-5-4-6-17(19)12-20(18)16-9-7-15(3)8-10-16/h14-18H,4-13H2,1-3H3. The van der Waals surface area contributed by atoms with Crippen molar-refractivity contribution in [1.29, 1.82) is 0 Å². The van der Waals surface area contributed by atoms with E-state index in [0.717, 1.165) is 30.0 Å². The van der Waals surface area contributed by atoms with Crippen molar-refractivity contribution >= 4 is 0 Å². The molecule has 0 spiro atoms. The minimum Gasteiger partial charge on any atom is -0.298 e. The zero-order chi connectivity index (χ0) is 14.1. The molecule has 0 aromatic carbocycles. The highest BCUT2D eigenvalue weighted by atomic mass is 15.3. The number of fused-ring (bicyclic) bond motifs is 1. The second-order valence-electron chi connectivity index (χ2n) is 8.07. The average Bonchev–Trinajstić information content (AvgIpc) is 2.46. The molecule has 2 nitrogen and oxygen atoms in total. The summed E-state index contributed by atoms with van der Waals surface area (Å²) < 4.78 is 0. The lowest BCUT2D eigenvalue weighted by atomic mass is 9.83. The summed E-state index contributed by atoms with van der Waals surface area (Å²) in [6.45, 7) is 11.4. The van der Waals surface area contributed by atoms with Gasteiger partial charge in [-0.25, -0.2) is 0 Å². The van der Waals surface area contributed by atoms with Gasteiger partial charge in [0.25, 0.3) is 0 Å². The van der Waals surface area contributed by atoms with E-state index in [2.05, 4.69) is 30.6 Å². The maximum Gasteiger partial charge on any atom is 0.0249 e. The zero-order valence-corrected chi connectivity index (χ0v) is 13.9. The Morgan fingerprint density at radius 1 is 0.850 bits per heavy atom. The maximum atomic E-state index is 2.95. The monoisotopic (exact) mass is 278 g/mol. The second kappa shape index (κ2) is 6.36. The van der Waals surface area contributed by atoms with Crippen molar-refractivity contribution in [1.82, 2.24) is 9.80 Å². The Kier molecular flexibility index (Phi) is 4.72. The molecule has 2 atom stereocenters. The van der Waals surface area contributed by atoms with Gasteiger partial charge >= 0.3 is 0 Å². The van der Waals surface area contributed by atoms with Gasteiger partial charge < -0.3 is 0 Å². The molecule has 20 heavy (non-hydrogen) atoms. The van der Waals surface area contributed by atoms with Gasteiger partial charge in [0, 0.05) is 31.2 Å². The van der Waals surface area contributed by atoms with Gasteiger partial charge in [-0.2, -0.15) is 0 Å². The van der Waals surface area contributed by atoms with Crippen molar-refractivity contribution in [2.45, 2.75) is 83.8 Å². The minimum atomic E-state index is 0.803.